The molecular formula is C12H10Cl2N2. The molecule has 16 heavy (non-hydrogen) atoms. The second kappa shape index (κ2) is 5.19. The predicted molar refractivity (Wildman–Crippen MR) is 68.2 cm³/mol. The van der Waals surface area contributed by atoms with Crippen molar-refractivity contribution < 1.29 is 0 Å². The Morgan fingerprint density at radius 1 is 1.44 bits per heavy atom. The van der Waals surface area contributed by atoms with Crippen LogP contribution in [0.4, 0.5) is 0 Å². The minimum absolute atomic E-state index is 0.504. The Hall–Kier alpha value is -1.25. The van der Waals surface area contributed by atoms with E-state index in [-0.39, 0.29) is 0 Å². The van der Waals surface area contributed by atoms with Gasteiger partial charge in [-0.15, -0.1) is 11.6 Å². The summed E-state index contributed by atoms with van der Waals surface area (Å²) in [5.41, 5.74) is 2.10. The first kappa shape index (κ1) is 11.2. The summed E-state index contributed by atoms with van der Waals surface area (Å²) in [4.78, 5) is 3.94. The van der Waals surface area contributed by atoms with Crippen molar-refractivity contribution in [1.29, 1.82) is 0 Å². The van der Waals surface area contributed by atoms with Gasteiger partial charge in [-0.05, 0) is 17.2 Å². The summed E-state index contributed by atoms with van der Waals surface area (Å²) in [6.45, 7) is 0. The summed E-state index contributed by atoms with van der Waals surface area (Å²) in [7, 11) is 0. The summed E-state index contributed by atoms with van der Waals surface area (Å²) in [5, 5.41) is 0.601. The number of halogens is 2. The Kier molecular flexibility index (Phi) is 3.65. The normalized spacial score (nSPS) is 11.8. The largest absolute Gasteiger partial charge is 0.296 e. The molecule has 0 aliphatic rings. The fourth-order valence-electron chi connectivity index (χ4n) is 1.36. The van der Waals surface area contributed by atoms with Crippen LogP contribution in [0.1, 0.15) is 11.1 Å². The van der Waals surface area contributed by atoms with Crippen LogP contribution in [0.5, 0.6) is 0 Å². The molecule has 1 heterocycles. The average molecular weight is 253 g/mol. The van der Waals surface area contributed by atoms with E-state index in [1.165, 1.54) is 0 Å². The molecule has 0 N–H and O–H groups in total. The third-order valence-corrected chi connectivity index (χ3v) is 2.76. The fourth-order valence-corrected chi connectivity index (χ4v) is 1.76. The van der Waals surface area contributed by atoms with Crippen LogP contribution < -0.4 is 0 Å². The number of nitrogens with zero attached hydrogens (tertiary/aromatic N) is 2. The molecule has 2 aromatic rings. The number of benzene rings is 1. The molecule has 0 fully saturated rings. The van der Waals surface area contributed by atoms with Gasteiger partial charge in [0.25, 0.3) is 0 Å². The van der Waals surface area contributed by atoms with Crippen molar-refractivity contribution in [3.05, 3.63) is 54.1 Å². The number of aromatic nitrogens is 2. The molecule has 2 nitrogen and oxygen atoms in total. The van der Waals surface area contributed by atoms with Crippen LogP contribution in [0.25, 0.3) is 11.2 Å². The Morgan fingerprint density at radius 3 is 3.00 bits per heavy atom. The van der Waals surface area contributed by atoms with Crippen LogP contribution >= 0.6 is 23.2 Å². The highest BCUT2D eigenvalue weighted by atomic mass is 35.5. The molecule has 0 aliphatic heterocycles. The van der Waals surface area contributed by atoms with Crippen molar-refractivity contribution in [1.82, 2.24) is 9.55 Å². The molecule has 0 aliphatic carbocycles. The lowest BCUT2D eigenvalue weighted by atomic mass is 10.1. The maximum atomic E-state index is 6.13. The van der Waals surface area contributed by atoms with Crippen LogP contribution in [0.2, 0.25) is 0 Å². The topological polar surface area (TPSA) is 17.8 Å². The maximum Gasteiger partial charge on any atom is 0.114 e. The molecule has 2 rings (SSSR count). The van der Waals surface area contributed by atoms with E-state index in [9.17, 15) is 0 Å². The highest BCUT2D eigenvalue weighted by Gasteiger charge is 1.97. The lowest BCUT2D eigenvalue weighted by Gasteiger charge is -2.01. The van der Waals surface area contributed by atoms with E-state index in [1.807, 2.05) is 30.3 Å². The second-order valence-corrected chi connectivity index (χ2v) is 3.97. The van der Waals surface area contributed by atoms with Gasteiger partial charge < -0.3 is 0 Å². The molecule has 0 spiro atoms. The Morgan fingerprint density at radius 2 is 2.31 bits per heavy atom. The number of alkyl halides is 1. The molecule has 0 atom stereocenters. The third-order valence-electron chi connectivity index (χ3n) is 2.14. The zero-order valence-corrected chi connectivity index (χ0v) is 9.99. The molecule has 0 saturated heterocycles. The first-order valence-electron chi connectivity index (χ1n) is 4.80. The molecular weight excluding hydrogens is 243 g/mol. The van der Waals surface area contributed by atoms with Crippen molar-refractivity contribution in [3.8, 4) is 0 Å². The van der Waals surface area contributed by atoms with E-state index in [4.69, 9.17) is 23.2 Å². The Balaban J connectivity index is 2.28. The van der Waals surface area contributed by atoms with Gasteiger partial charge in [-0.25, -0.2) is 4.98 Å². The zero-order valence-electron chi connectivity index (χ0n) is 8.48. The molecule has 0 radical (unpaired) electrons. The summed E-state index contributed by atoms with van der Waals surface area (Å²) < 4.78 is 1.74. The fraction of sp³-hybridized carbons (Fsp3) is 0.0833. The van der Waals surface area contributed by atoms with E-state index in [0.29, 0.717) is 11.0 Å². The van der Waals surface area contributed by atoms with Crippen LogP contribution in [-0.2, 0) is 5.88 Å². The SMILES string of the molecule is ClCc1cccc(C=C(Cl)n2ccnc2)c1. The van der Waals surface area contributed by atoms with E-state index in [0.717, 1.165) is 11.1 Å². The monoisotopic (exact) mass is 252 g/mol. The molecule has 4 heteroatoms. The van der Waals surface area contributed by atoms with Gasteiger partial charge in [-0.1, -0.05) is 35.9 Å². The lowest BCUT2D eigenvalue weighted by Crippen LogP contribution is -1.86. The molecule has 0 unspecified atom stereocenters. The van der Waals surface area contributed by atoms with Crippen LogP contribution in [-0.4, -0.2) is 9.55 Å². The highest BCUT2D eigenvalue weighted by molar-refractivity contribution is 6.47. The number of imidazole rings is 1. The van der Waals surface area contributed by atoms with Gasteiger partial charge in [0.1, 0.15) is 5.16 Å². The molecule has 82 valence electrons. The minimum atomic E-state index is 0.504. The van der Waals surface area contributed by atoms with Gasteiger partial charge in [0, 0.05) is 18.3 Å². The predicted octanol–water partition coefficient (Wildman–Crippen LogP) is 3.82. The molecule has 1 aromatic heterocycles. The van der Waals surface area contributed by atoms with Crippen molar-refractivity contribution in [2.24, 2.45) is 0 Å². The quantitative estimate of drug-likeness (QED) is 0.760. The Labute approximate surface area is 104 Å². The van der Waals surface area contributed by atoms with E-state index >= 15 is 0 Å². The van der Waals surface area contributed by atoms with Gasteiger partial charge in [-0.2, -0.15) is 0 Å². The standard InChI is InChI=1S/C12H10Cl2N2/c13-8-11-3-1-2-10(6-11)7-12(14)16-5-4-15-9-16/h1-7,9H,8H2. The molecule has 0 saturated carbocycles. The summed E-state index contributed by atoms with van der Waals surface area (Å²) in [5.74, 6) is 0.504. The van der Waals surface area contributed by atoms with Gasteiger partial charge in [-0.3, -0.25) is 4.57 Å². The van der Waals surface area contributed by atoms with E-state index in [2.05, 4.69) is 4.98 Å². The smallest absolute Gasteiger partial charge is 0.114 e. The first-order valence-corrected chi connectivity index (χ1v) is 5.71. The van der Waals surface area contributed by atoms with Gasteiger partial charge in [0.2, 0.25) is 0 Å². The van der Waals surface area contributed by atoms with Gasteiger partial charge >= 0.3 is 0 Å². The number of hydrogen-bond acceptors (Lipinski definition) is 1. The molecule has 0 amide bonds. The second-order valence-electron chi connectivity index (χ2n) is 3.32. The number of rotatable bonds is 3. The Bertz CT molecular complexity index is 489. The average Bonchev–Trinajstić information content (AvgIpc) is 2.83. The van der Waals surface area contributed by atoms with Crippen LogP contribution in [0, 0.1) is 0 Å². The van der Waals surface area contributed by atoms with Gasteiger partial charge in [0.15, 0.2) is 0 Å². The summed E-state index contributed by atoms with van der Waals surface area (Å²) >= 11 is 11.9. The minimum Gasteiger partial charge on any atom is -0.296 e. The van der Waals surface area contributed by atoms with Crippen molar-refractivity contribution in [2.75, 3.05) is 0 Å². The molecule has 0 bridgehead atoms. The van der Waals surface area contributed by atoms with Crippen LogP contribution in [0.15, 0.2) is 43.0 Å². The zero-order chi connectivity index (χ0) is 11.4. The van der Waals surface area contributed by atoms with E-state index < -0.39 is 0 Å². The number of hydrogen-bond donors (Lipinski definition) is 0. The van der Waals surface area contributed by atoms with Crippen molar-refractivity contribution in [3.63, 3.8) is 0 Å². The van der Waals surface area contributed by atoms with Gasteiger partial charge in [0.05, 0.1) is 6.33 Å². The van der Waals surface area contributed by atoms with Crippen molar-refractivity contribution >= 4 is 34.4 Å². The van der Waals surface area contributed by atoms with Crippen LogP contribution in [0.3, 0.4) is 0 Å². The van der Waals surface area contributed by atoms with E-state index in [1.54, 1.807) is 23.3 Å². The van der Waals surface area contributed by atoms with Crippen molar-refractivity contribution in [2.45, 2.75) is 5.88 Å². The lowest BCUT2D eigenvalue weighted by molar-refractivity contribution is 1.13. The highest BCUT2D eigenvalue weighted by Crippen LogP contribution is 2.16. The molecule has 1 aromatic carbocycles. The maximum absolute atomic E-state index is 6.13. The third kappa shape index (κ3) is 2.65. The first-order chi connectivity index (χ1) is 7.79. The summed E-state index contributed by atoms with van der Waals surface area (Å²) in [6, 6.07) is 7.93. The summed E-state index contributed by atoms with van der Waals surface area (Å²) in [6.07, 6.45) is 7.01.